The van der Waals surface area contributed by atoms with Crippen LogP contribution in [-0.4, -0.2) is 16.7 Å². The van der Waals surface area contributed by atoms with Gasteiger partial charge in [0, 0.05) is 25.0 Å². The Bertz CT molecular complexity index is 122. The SMILES string of the molecule is CCC(=O)/C(C)=N/O.[V]. The van der Waals surface area contributed by atoms with Crippen molar-refractivity contribution in [2.45, 2.75) is 20.3 Å². The van der Waals surface area contributed by atoms with Crippen LogP contribution in [0, 0.1) is 0 Å². The summed E-state index contributed by atoms with van der Waals surface area (Å²) < 4.78 is 0. The van der Waals surface area contributed by atoms with Gasteiger partial charge in [-0.2, -0.15) is 0 Å². The maximum absolute atomic E-state index is 10.5. The Morgan fingerprint density at radius 2 is 2.11 bits per heavy atom. The number of carbonyl (C=O) groups is 1. The van der Waals surface area contributed by atoms with E-state index in [9.17, 15) is 4.79 Å². The fraction of sp³-hybridized carbons (Fsp3) is 0.600. The fourth-order valence-corrected chi connectivity index (χ4v) is 0.312. The minimum atomic E-state index is -0.118. The molecule has 1 radical (unpaired) electrons. The zero-order valence-corrected chi connectivity index (χ0v) is 6.85. The molecule has 0 aliphatic carbocycles. The predicted molar refractivity (Wildman–Crippen MR) is 30.2 cm³/mol. The molecule has 0 rings (SSSR count). The molecule has 0 aliphatic rings. The first-order chi connectivity index (χ1) is 3.72. The van der Waals surface area contributed by atoms with Crippen molar-refractivity contribution < 1.29 is 28.6 Å². The molecule has 0 fully saturated rings. The van der Waals surface area contributed by atoms with Crippen molar-refractivity contribution in [1.29, 1.82) is 0 Å². The molecule has 4 heteroatoms. The molecule has 0 saturated heterocycles. The van der Waals surface area contributed by atoms with Gasteiger partial charge in [0.1, 0.15) is 5.71 Å². The van der Waals surface area contributed by atoms with Crippen LogP contribution in [0.1, 0.15) is 20.3 Å². The van der Waals surface area contributed by atoms with Gasteiger partial charge in [-0.1, -0.05) is 12.1 Å². The Kier molecular flexibility index (Phi) is 7.49. The normalized spacial score (nSPS) is 10.2. The fourth-order valence-electron chi connectivity index (χ4n) is 0.312. The minimum absolute atomic E-state index is 0. The van der Waals surface area contributed by atoms with Crippen molar-refractivity contribution in [3.63, 3.8) is 0 Å². The molecule has 3 nitrogen and oxygen atoms in total. The zero-order valence-electron chi connectivity index (χ0n) is 5.46. The molecule has 0 bridgehead atoms. The van der Waals surface area contributed by atoms with Crippen molar-refractivity contribution in [2.75, 3.05) is 0 Å². The van der Waals surface area contributed by atoms with E-state index in [1.165, 1.54) is 6.92 Å². The molecule has 0 aromatic heterocycles. The van der Waals surface area contributed by atoms with Gasteiger partial charge >= 0.3 is 0 Å². The summed E-state index contributed by atoms with van der Waals surface area (Å²) in [7, 11) is 0. The third kappa shape index (κ3) is 4.24. The van der Waals surface area contributed by atoms with Crippen molar-refractivity contribution in [1.82, 2.24) is 0 Å². The monoisotopic (exact) mass is 166 g/mol. The molecule has 9 heavy (non-hydrogen) atoms. The van der Waals surface area contributed by atoms with Crippen molar-refractivity contribution in [3.8, 4) is 0 Å². The van der Waals surface area contributed by atoms with Gasteiger partial charge < -0.3 is 5.21 Å². The smallest absolute Gasteiger partial charge is 0.179 e. The Hall–Kier alpha value is -0.276. The second kappa shape index (κ2) is 5.85. The van der Waals surface area contributed by atoms with E-state index in [4.69, 9.17) is 5.21 Å². The molecule has 0 aromatic carbocycles. The van der Waals surface area contributed by atoms with Crippen LogP contribution in [0.2, 0.25) is 0 Å². The van der Waals surface area contributed by atoms with E-state index in [2.05, 4.69) is 5.16 Å². The average Bonchev–Trinajstić information content (AvgIpc) is 1.84. The van der Waals surface area contributed by atoms with Crippen LogP contribution in [-0.2, 0) is 23.4 Å². The number of carbonyl (C=O) groups excluding carboxylic acids is 1. The van der Waals surface area contributed by atoms with E-state index in [1.54, 1.807) is 6.92 Å². The maximum Gasteiger partial charge on any atom is 0.179 e. The number of oxime groups is 1. The second-order valence-corrected chi connectivity index (χ2v) is 1.46. The Morgan fingerprint density at radius 1 is 1.67 bits per heavy atom. The van der Waals surface area contributed by atoms with Gasteiger partial charge in [-0.05, 0) is 6.92 Å². The number of hydrogen-bond donors (Lipinski definition) is 1. The van der Waals surface area contributed by atoms with Gasteiger partial charge in [-0.3, -0.25) is 4.79 Å². The first kappa shape index (κ1) is 11.5. The van der Waals surface area contributed by atoms with E-state index in [0.717, 1.165) is 0 Å². The molecule has 0 heterocycles. The molecule has 0 saturated carbocycles. The number of rotatable bonds is 2. The van der Waals surface area contributed by atoms with Crippen molar-refractivity contribution in [3.05, 3.63) is 0 Å². The van der Waals surface area contributed by atoms with Gasteiger partial charge in [-0.25, -0.2) is 0 Å². The van der Waals surface area contributed by atoms with Crippen LogP contribution in [0.5, 0.6) is 0 Å². The molecule has 0 spiro atoms. The summed E-state index contributed by atoms with van der Waals surface area (Å²) in [5.41, 5.74) is 0.174. The van der Waals surface area contributed by atoms with Crippen LogP contribution in [0.25, 0.3) is 0 Å². The number of hydrogen-bond acceptors (Lipinski definition) is 3. The summed E-state index contributed by atoms with van der Waals surface area (Å²) >= 11 is 0. The molecule has 0 aliphatic heterocycles. The standard InChI is InChI=1S/C5H9NO2.V/c1-3-5(7)4(2)6-8;/h8H,3H2,1-2H3;/b6-4+;. The molecule has 0 unspecified atom stereocenters. The van der Waals surface area contributed by atoms with Crippen LogP contribution >= 0.6 is 0 Å². The van der Waals surface area contributed by atoms with Crippen LogP contribution in [0.15, 0.2) is 5.16 Å². The van der Waals surface area contributed by atoms with Gasteiger partial charge in [0.2, 0.25) is 0 Å². The molecule has 0 amide bonds. The number of ketones is 1. The zero-order chi connectivity index (χ0) is 6.57. The van der Waals surface area contributed by atoms with E-state index < -0.39 is 0 Å². The Balaban J connectivity index is 0. The number of Topliss-reactive ketones (excluding diaryl/α,β-unsaturated/α-hetero) is 1. The van der Waals surface area contributed by atoms with Crippen LogP contribution in [0.4, 0.5) is 0 Å². The maximum atomic E-state index is 10.5. The summed E-state index contributed by atoms with van der Waals surface area (Å²) in [5.74, 6) is -0.118. The van der Waals surface area contributed by atoms with E-state index in [-0.39, 0.29) is 30.1 Å². The molecule has 51 valence electrons. The van der Waals surface area contributed by atoms with E-state index >= 15 is 0 Å². The average molecular weight is 166 g/mol. The summed E-state index contributed by atoms with van der Waals surface area (Å²) in [4.78, 5) is 10.5. The van der Waals surface area contributed by atoms with Gasteiger partial charge in [0.25, 0.3) is 0 Å². The third-order valence-electron chi connectivity index (χ3n) is 0.875. The summed E-state index contributed by atoms with van der Waals surface area (Å²) in [5, 5.41) is 10.7. The molecular formula is C5H9NO2V. The molecular weight excluding hydrogens is 157 g/mol. The van der Waals surface area contributed by atoms with Crippen LogP contribution < -0.4 is 0 Å². The first-order valence-corrected chi connectivity index (χ1v) is 2.44. The van der Waals surface area contributed by atoms with E-state index in [0.29, 0.717) is 6.42 Å². The largest absolute Gasteiger partial charge is 0.411 e. The first-order valence-electron chi connectivity index (χ1n) is 2.44. The van der Waals surface area contributed by atoms with E-state index in [1.807, 2.05) is 0 Å². The predicted octanol–water partition coefficient (Wildman–Crippen LogP) is 0.813. The topological polar surface area (TPSA) is 49.7 Å². The third-order valence-corrected chi connectivity index (χ3v) is 0.875. The Morgan fingerprint density at radius 3 is 2.22 bits per heavy atom. The number of nitrogens with zero attached hydrogens (tertiary/aromatic N) is 1. The van der Waals surface area contributed by atoms with Crippen molar-refractivity contribution >= 4 is 11.5 Å². The molecule has 0 atom stereocenters. The minimum Gasteiger partial charge on any atom is -0.411 e. The quantitative estimate of drug-likeness (QED) is 0.375. The van der Waals surface area contributed by atoms with Gasteiger partial charge in [0.05, 0.1) is 0 Å². The summed E-state index contributed by atoms with van der Waals surface area (Å²) in [6.07, 6.45) is 0.399. The van der Waals surface area contributed by atoms with Crippen LogP contribution in [0.3, 0.4) is 0 Å². The summed E-state index contributed by atoms with van der Waals surface area (Å²) in [6, 6.07) is 0. The second-order valence-electron chi connectivity index (χ2n) is 1.46. The van der Waals surface area contributed by atoms with Crippen molar-refractivity contribution in [2.24, 2.45) is 5.16 Å². The molecule has 0 aromatic rings. The van der Waals surface area contributed by atoms with Gasteiger partial charge in [-0.15, -0.1) is 0 Å². The summed E-state index contributed by atoms with van der Waals surface area (Å²) in [6.45, 7) is 3.20. The van der Waals surface area contributed by atoms with Gasteiger partial charge in [0.15, 0.2) is 5.78 Å². The Labute approximate surface area is 66.0 Å². The molecule has 1 N–H and O–H groups in total.